The second-order valence-electron chi connectivity index (χ2n) is 4.36. The number of hydrogen-bond donors (Lipinski definition) is 2. The van der Waals surface area contributed by atoms with Gasteiger partial charge in [-0.05, 0) is 25.1 Å². The first-order valence-corrected chi connectivity index (χ1v) is 7.59. The van der Waals surface area contributed by atoms with Gasteiger partial charge < -0.3 is 15.4 Å². The number of aromatic nitrogens is 1. The van der Waals surface area contributed by atoms with Gasteiger partial charge in [-0.3, -0.25) is 4.79 Å². The monoisotopic (exact) mass is 325 g/mol. The highest BCUT2D eigenvalue weighted by molar-refractivity contribution is 7.09. The van der Waals surface area contributed by atoms with E-state index in [4.69, 9.17) is 16.3 Å². The molecule has 0 spiro atoms. The number of halogens is 1. The van der Waals surface area contributed by atoms with Gasteiger partial charge in [0.25, 0.3) is 0 Å². The molecule has 0 aliphatic heterocycles. The van der Waals surface area contributed by atoms with Crippen molar-refractivity contribution in [3.05, 3.63) is 39.3 Å². The van der Waals surface area contributed by atoms with Crippen molar-refractivity contribution in [3.63, 3.8) is 0 Å². The molecule has 1 aromatic heterocycles. The smallest absolute Gasteiger partial charge is 0.239 e. The molecule has 0 aliphatic carbocycles. The highest BCUT2D eigenvalue weighted by atomic mass is 35.5. The Morgan fingerprint density at radius 1 is 1.48 bits per heavy atom. The number of benzene rings is 1. The van der Waals surface area contributed by atoms with Gasteiger partial charge in [0.2, 0.25) is 5.91 Å². The van der Waals surface area contributed by atoms with Crippen molar-refractivity contribution in [1.29, 1.82) is 0 Å². The molecule has 0 radical (unpaired) electrons. The number of carbonyl (C=O) groups excluding carboxylic acids is 1. The van der Waals surface area contributed by atoms with Crippen LogP contribution in [-0.4, -0.2) is 24.5 Å². The number of nitrogens with zero attached hydrogens (tertiary/aromatic N) is 1. The van der Waals surface area contributed by atoms with Gasteiger partial charge >= 0.3 is 0 Å². The zero-order valence-electron chi connectivity index (χ0n) is 11.8. The van der Waals surface area contributed by atoms with Crippen LogP contribution in [0.15, 0.2) is 23.6 Å². The zero-order valence-corrected chi connectivity index (χ0v) is 13.3. The van der Waals surface area contributed by atoms with Crippen LogP contribution >= 0.6 is 22.9 Å². The summed E-state index contributed by atoms with van der Waals surface area (Å²) < 4.78 is 5.20. The number of thiazole rings is 1. The van der Waals surface area contributed by atoms with E-state index in [9.17, 15) is 4.79 Å². The molecule has 1 amide bonds. The SMILES string of the molecule is COc1ccc(Cl)cc1NCC(=O)NCc1nc(C)cs1. The Hall–Kier alpha value is -1.79. The molecule has 0 saturated heterocycles. The van der Waals surface area contributed by atoms with Crippen LogP contribution in [0.3, 0.4) is 0 Å². The predicted molar refractivity (Wildman–Crippen MR) is 85.2 cm³/mol. The minimum absolute atomic E-state index is 0.120. The minimum Gasteiger partial charge on any atom is -0.495 e. The summed E-state index contributed by atoms with van der Waals surface area (Å²) in [4.78, 5) is 16.1. The average Bonchev–Trinajstić information content (AvgIpc) is 2.88. The van der Waals surface area contributed by atoms with Gasteiger partial charge in [0, 0.05) is 16.1 Å². The third-order valence-electron chi connectivity index (χ3n) is 2.70. The van der Waals surface area contributed by atoms with Crippen LogP contribution in [0.4, 0.5) is 5.69 Å². The summed E-state index contributed by atoms with van der Waals surface area (Å²) in [5.74, 6) is 0.521. The van der Waals surface area contributed by atoms with Gasteiger partial charge in [-0.1, -0.05) is 11.6 Å². The van der Waals surface area contributed by atoms with Gasteiger partial charge in [-0.25, -0.2) is 4.98 Å². The van der Waals surface area contributed by atoms with E-state index in [2.05, 4.69) is 15.6 Å². The maximum atomic E-state index is 11.8. The van der Waals surface area contributed by atoms with Crippen LogP contribution in [0.25, 0.3) is 0 Å². The van der Waals surface area contributed by atoms with E-state index in [1.807, 2.05) is 12.3 Å². The molecule has 0 bridgehead atoms. The van der Waals surface area contributed by atoms with E-state index in [1.165, 1.54) is 11.3 Å². The highest BCUT2D eigenvalue weighted by Gasteiger charge is 2.07. The van der Waals surface area contributed by atoms with Gasteiger partial charge in [-0.15, -0.1) is 11.3 Å². The minimum atomic E-state index is -0.120. The maximum absolute atomic E-state index is 11.8. The third kappa shape index (κ3) is 4.61. The molecule has 0 atom stereocenters. The van der Waals surface area contributed by atoms with Crippen LogP contribution < -0.4 is 15.4 Å². The molecule has 112 valence electrons. The van der Waals surface area contributed by atoms with Crippen molar-refractivity contribution >= 4 is 34.5 Å². The van der Waals surface area contributed by atoms with Crippen LogP contribution in [0, 0.1) is 6.92 Å². The lowest BCUT2D eigenvalue weighted by Gasteiger charge is -2.11. The highest BCUT2D eigenvalue weighted by Crippen LogP contribution is 2.27. The second kappa shape index (κ2) is 7.28. The molecule has 2 aromatic rings. The zero-order chi connectivity index (χ0) is 15.2. The van der Waals surface area contributed by atoms with E-state index in [1.54, 1.807) is 25.3 Å². The average molecular weight is 326 g/mol. The molecular weight excluding hydrogens is 310 g/mol. The summed E-state index contributed by atoms with van der Waals surface area (Å²) >= 11 is 7.46. The molecule has 7 heteroatoms. The molecule has 5 nitrogen and oxygen atoms in total. The molecular formula is C14H16ClN3O2S. The van der Waals surface area contributed by atoms with Crippen molar-refractivity contribution in [2.75, 3.05) is 19.0 Å². The summed E-state index contributed by atoms with van der Waals surface area (Å²) in [6.45, 7) is 2.50. The summed E-state index contributed by atoms with van der Waals surface area (Å²) in [7, 11) is 1.57. The second-order valence-corrected chi connectivity index (χ2v) is 5.74. The quantitative estimate of drug-likeness (QED) is 0.857. The van der Waals surface area contributed by atoms with Gasteiger partial charge in [0.05, 0.1) is 25.9 Å². The number of nitrogens with one attached hydrogen (secondary N) is 2. The summed E-state index contributed by atoms with van der Waals surface area (Å²) in [6, 6.07) is 5.20. The Labute approximate surface area is 132 Å². The lowest BCUT2D eigenvalue weighted by Crippen LogP contribution is -2.29. The number of ether oxygens (including phenoxy) is 1. The topological polar surface area (TPSA) is 63.2 Å². The standard InChI is InChI=1S/C14H16ClN3O2S/c1-9-8-21-14(18-9)7-17-13(19)6-16-11-5-10(15)3-4-12(11)20-2/h3-5,8,16H,6-7H2,1-2H3,(H,17,19). The first-order chi connectivity index (χ1) is 10.1. The van der Waals surface area contributed by atoms with Gasteiger partial charge in [-0.2, -0.15) is 0 Å². The lowest BCUT2D eigenvalue weighted by molar-refractivity contribution is -0.119. The van der Waals surface area contributed by atoms with Crippen LogP contribution in [-0.2, 0) is 11.3 Å². The van der Waals surface area contributed by atoms with Crippen molar-refractivity contribution in [1.82, 2.24) is 10.3 Å². The van der Waals surface area contributed by atoms with Crippen LogP contribution in [0.2, 0.25) is 5.02 Å². The molecule has 0 fully saturated rings. The summed E-state index contributed by atoms with van der Waals surface area (Å²) in [5.41, 5.74) is 1.65. The van der Waals surface area contributed by atoms with Crippen molar-refractivity contribution in [2.24, 2.45) is 0 Å². The van der Waals surface area contributed by atoms with E-state index >= 15 is 0 Å². The lowest BCUT2D eigenvalue weighted by atomic mass is 10.3. The molecule has 1 aromatic carbocycles. The molecule has 0 saturated carbocycles. The van der Waals surface area contributed by atoms with E-state index in [0.29, 0.717) is 23.0 Å². The fourth-order valence-electron chi connectivity index (χ4n) is 1.71. The number of amides is 1. The molecule has 0 aliphatic rings. The number of methoxy groups -OCH3 is 1. The van der Waals surface area contributed by atoms with E-state index < -0.39 is 0 Å². The summed E-state index contributed by atoms with van der Waals surface area (Å²) in [6.07, 6.45) is 0. The molecule has 2 rings (SSSR count). The number of carbonyl (C=O) groups is 1. The van der Waals surface area contributed by atoms with Crippen LogP contribution in [0.5, 0.6) is 5.75 Å². The molecule has 2 N–H and O–H groups in total. The number of anilines is 1. The van der Waals surface area contributed by atoms with E-state index in [0.717, 1.165) is 10.7 Å². The summed E-state index contributed by atoms with van der Waals surface area (Å²) in [5, 5.41) is 9.24. The molecule has 0 unspecified atom stereocenters. The van der Waals surface area contributed by atoms with Gasteiger partial charge in [0.1, 0.15) is 10.8 Å². The molecule has 1 heterocycles. The fourth-order valence-corrected chi connectivity index (χ4v) is 2.60. The van der Waals surface area contributed by atoms with Crippen molar-refractivity contribution < 1.29 is 9.53 Å². The number of hydrogen-bond acceptors (Lipinski definition) is 5. The van der Waals surface area contributed by atoms with Gasteiger partial charge in [0.15, 0.2) is 0 Å². The number of aryl methyl sites for hydroxylation is 1. The fraction of sp³-hybridized carbons (Fsp3) is 0.286. The Balaban J connectivity index is 1.85. The predicted octanol–water partition coefficient (Wildman–Crippen LogP) is 2.84. The number of rotatable bonds is 6. The Bertz CT molecular complexity index is 630. The molecule has 21 heavy (non-hydrogen) atoms. The van der Waals surface area contributed by atoms with Crippen molar-refractivity contribution in [3.8, 4) is 5.75 Å². The first-order valence-electron chi connectivity index (χ1n) is 6.33. The Kier molecular flexibility index (Phi) is 5.41. The maximum Gasteiger partial charge on any atom is 0.239 e. The third-order valence-corrected chi connectivity index (χ3v) is 3.91. The Morgan fingerprint density at radius 2 is 2.29 bits per heavy atom. The van der Waals surface area contributed by atoms with E-state index in [-0.39, 0.29) is 12.5 Å². The normalized spacial score (nSPS) is 10.2. The van der Waals surface area contributed by atoms with Crippen LogP contribution in [0.1, 0.15) is 10.7 Å². The largest absolute Gasteiger partial charge is 0.495 e. The first kappa shape index (κ1) is 15.6. The Morgan fingerprint density at radius 3 is 2.95 bits per heavy atom. The van der Waals surface area contributed by atoms with Crippen molar-refractivity contribution in [2.45, 2.75) is 13.5 Å².